The highest BCUT2D eigenvalue weighted by Gasteiger charge is 2.15. The zero-order chi connectivity index (χ0) is 18.4. The molecular formula is C15H15N3O6S. The van der Waals surface area contributed by atoms with Gasteiger partial charge in [0.25, 0.3) is 21.6 Å². The van der Waals surface area contributed by atoms with Crippen molar-refractivity contribution in [2.45, 2.75) is 11.8 Å². The van der Waals surface area contributed by atoms with E-state index in [9.17, 15) is 23.3 Å². The summed E-state index contributed by atoms with van der Waals surface area (Å²) in [6.45, 7) is 1.36. The maximum Gasteiger partial charge on any atom is 0.272 e. The van der Waals surface area contributed by atoms with Crippen molar-refractivity contribution in [2.24, 2.45) is 0 Å². The Hall–Kier alpha value is -2.98. The molecule has 0 aromatic heterocycles. The van der Waals surface area contributed by atoms with E-state index in [1.807, 2.05) is 17.2 Å². The molecular weight excluding hydrogens is 350 g/mol. The number of ether oxygens (including phenoxy) is 1. The molecule has 2 aromatic rings. The van der Waals surface area contributed by atoms with Gasteiger partial charge in [-0.05, 0) is 31.2 Å². The number of rotatable bonds is 7. The Morgan fingerprint density at radius 3 is 2.28 bits per heavy atom. The summed E-state index contributed by atoms with van der Waals surface area (Å²) in [4.78, 5) is 23.6. The fourth-order valence-corrected chi connectivity index (χ4v) is 2.61. The highest BCUT2D eigenvalue weighted by atomic mass is 32.2. The number of carbonyl (C=O) groups is 1. The molecule has 0 saturated carbocycles. The van der Waals surface area contributed by atoms with Gasteiger partial charge >= 0.3 is 0 Å². The molecule has 0 bridgehead atoms. The van der Waals surface area contributed by atoms with Crippen molar-refractivity contribution in [3.05, 3.63) is 64.2 Å². The van der Waals surface area contributed by atoms with Crippen LogP contribution in [0.1, 0.15) is 5.56 Å². The number of nitro groups is 1. The summed E-state index contributed by atoms with van der Waals surface area (Å²) in [5.74, 6) is -0.490. The molecule has 2 rings (SSSR count). The molecule has 0 saturated heterocycles. The van der Waals surface area contributed by atoms with Gasteiger partial charge in [-0.2, -0.15) is 0 Å². The van der Waals surface area contributed by atoms with E-state index in [-0.39, 0.29) is 16.3 Å². The Bertz CT molecular complexity index is 863. The number of sulfonamides is 1. The Morgan fingerprint density at radius 1 is 1.12 bits per heavy atom. The molecule has 25 heavy (non-hydrogen) atoms. The van der Waals surface area contributed by atoms with Gasteiger partial charge in [0.05, 0.1) is 9.82 Å². The van der Waals surface area contributed by atoms with Crippen molar-refractivity contribution < 1.29 is 22.9 Å². The summed E-state index contributed by atoms with van der Waals surface area (Å²) in [5.41, 5.74) is 2.82. The molecule has 1 amide bonds. The van der Waals surface area contributed by atoms with Crippen LogP contribution in [-0.2, 0) is 14.8 Å². The van der Waals surface area contributed by atoms with Crippen LogP contribution in [0.5, 0.6) is 5.75 Å². The van der Waals surface area contributed by atoms with Crippen LogP contribution in [0, 0.1) is 17.0 Å². The lowest BCUT2D eigenvalue weighted by Crippen LogP contribution is -2.43. The van der Waals surface area contributed by atoms with E-state index in [4.69, 9.17) is 4.74 Å². The molecule has 0 spiro atoms. The van der Waals surface area contributed by atoms with Crippen LogP contribution in [0.25, 0.3) is 0 Å². The summed E-state index contributed by atoms with van der Waals surface area (Å²) < 4.78 is 29.1. The third kappa shape index (κ3) is 5.26. The van der Waals surface area contributed by atoms with E-state index in [2.05, 4.69) is 0 Å². The normalized spacial score (nSPS) is 10.9. The summed E-state index contributed by atoms with van der Waals surface area (Å²) in [5, 5.41) is 10.5. The van der Waals surface area contributed by atoms with Crippen LogP contribution in [0.15, 0.2) is 53.4 Å². The van der Waals surface area contributed by atoms with Gasteiger partial charge in [0.1, 0.15) is 5.75 Å². The topological polar surface area (TPSA) is 128 Å². The molecule has 0 fully saturated rings. The van der Waals surface area contributed by atoms with E-state index in [0.717, 1.165) is 5.56 Å². The minimum atomic E-state index is -3.88. The minimum absolute atomic E-state index is 0.00897. The first-order valence-corrected chi connectivity index (χ1v) is 8.51. The van der Waals surface area contributed by atoms with Crippen LogP contribution in [0.3, 0.4) is 0 Å². The van der Waals surface area contributed by atoms with Crippen LogP contribution >= 0.6 is 0 Å². The zero-order valence-electron chi connectivity index (χ0n) is 13.1. The predicted octanol–water partition coefficient (Wildman–Crippen LogP) is 1.29. The molecule has 0 aliphatic heterocycles. The molecule has 132 valence electrons. The standard InChI is InChI=1S/C15H15N3O6S/c1-11-2-8-14(9-3-11)25(22,23)17-16-15(19)10-24-13-6-4-12(5-7-13)18(20)21/h2-9,17H,10H2,1H3,(H,16,19). The summed E-state index contributed by atoms with van der Waals surface area (Å²) >= 11 is 0. The van der Waals surface area contributed by atoms with Crippen molar-refractivity contribution in [2.75, 3.05) is 6.61 Å². The number of nitro benzene ring substituents is 1. The van der Waals surface area contributed by atoms with Crippen molar-refractivity contribution in [3.63, 3.8) is 0 Å². The summed E-state index contributed by atoms with van der Waals surface area (Å²) in [7, 11) is -3.88. The van der Waals surface area contributed by atoms with Gasteiger partial charge in [0.15, 0.2) is 6.61 Å². The second-order valence-electron chi connectivity index (χ2n) is 5.01. The number of aryl methyl sites for hydroxylation is 1. The molecule has 0 unspecified atom stereocenters. The first-order valence-electron chi connectivity index (χ1n) is 7.02. The van der Waals surface area contributed by atoms with E-state index >= 15 is 0 Å². The number of nitrogens with one attached hydrogen (secondary N) is 2. The minimum Gasteiger partial charge on any atom is -0.484 e. The predicted molar refractivity (Wildman–Crippen MR) is 88.2 cm³/mol. The average Bonchev–Trinajstić information content (AvgIpc) is 2.59. The maximum absolute atomic E-state index is 12.0. The quantitative estimate of drug-likeness (QED) is 0.562. The molecule has 9 nitrogen and oxygen atoms in total. The second kappa shape index (κ2) is 7.73. The van der Waals surface area contributed by atoms with Gasteiger partial charge < -0.3 is 4.74 Å². The highest BCUT2D eigenvalue weighted by Crippen LogP contribution is 2.17. The van der Waals surface area contributed by atoms with Crippen molar-refractivity contribution in [1.29, 1.82) is 0 Å². The van der Waals surface area contributed by atoms with Gasteiger partial charge in [-0.15, -0.1) is 4.83 Å². The third-order valence-electron chi connectivity index (χ3n) is 3.07. The number of non-ortho nitro benzene ring substituents is 1. The van der Waals surface area contributed by atoms with Crippen LogP contribution in [-0.4, -0.2) is 25.9 Å². The lowest BCUT2D eigenvalue weighted by molar-refractivity contribution is -0.384. The van der Waals surface area contributed by atoms with Crippen molar-refractivity contribution in [3.8, 4) is 5.75 Å². The largest absolute Gasteiger partial charge is 0.484 e. The SMILES string of the molecule is Cc1ccc(S(=O)(=O)NNC(=O)COc2ccc([N+](=O)[O-])cc2)cc1. The van der Waals surface area contributed by atoms with Gasteiger partial charge in [0, 0.05) is 12.1 Å². The van der Waals surface area contributed by atoms with Gasteiger partial charge in [-0.25, -0.2) is 8.42 Å². The number of carbonyl (C=O) groups excluding carboxylic acids is 1. The average molecular weight is 365 g/mol. The number of nitrogens with zero attached hydrogens (tertiary/aromatic N) is 1. The Kier molecular flexibility index (Phi) is 5.67. The van der Waals surface area contributed by atoms with Crippen LogP contribution in [0.2, 0.25) is 0 Å². The van der Waals surface area contributed by atoms with Crippen molar-refractivity contribution >= 4 is 21.6 Å². The fourth-order valence-electron chi connectivity index (χ4n) is 1.75. The molecule has 0 heterocycles. The van der Waals surface area contributed by atoms with Gasteiger partial charge in [0.2, 0.25) is 0 Å². The third-order valence-corrected chi connectivity index (χ3v) is 4.34. The molecule has 0 aliphatic rings. The van der Waals surface area contributed by atoms with Gasteiger partial charge in [-0.1, -0.05) is 17.7 Å². The number of hydrogen-bond donors (Lipinski definition) is 2. The highest BCUT2D eigenvalue weighted by molar-refractivity contribution is 7.89. The fraction of sp³-hybridized carbons (Fsp3) is 0.133. The summed E-state index contributed by atoms with van der Waals surface area (Å²) in [6, 6.07) is 11.2. The van der Waals surface area contributed by atoms with E-state index in [0.29, 0.717) is 0 Å². The van der Waals surface area contributed by atoms with Gasteiger partial charge in [-0.3, -0.25) is 20.3 Å². The maximum atomic E-state index is 12.0. The summed E-state index contributed by atoms with van der Waals surface area (Å²) in [6.07, 6.45) is 0. The monoisotopic (exact) mass is 365 g/mol. The number of hydrogen-bond acceptors (Lipinski definition) is 6. The molecule has 10 heteroatoms. The second-order valence-corrected chi connectivity index (χ2v) is 6.69. The first-order chi connectivity index (χ1) is 11.8. The Balaban J connectivity index is 1.85. The number of hydrazine groups is 1. The Labute approximate surface area is 143 Å². The van der Waals surface area contributed by atoms with Crippen LogP contribution in [0.4, 0.5) is 5.69 Å². The lowest BCUT2D eigenvalue weighted by Gasteiger charge is -2.09. The molecule has 0 aliphatic carbocycles. The van der Waals surface area contributed by atoms with E-state index in [1.54, 1.807) is 12.1 Å². The Morgan fingerprint density at radius 2 is 1.72 bits per heavy atom. The zero-order valence-corrected chi connectivity index (χ0v) is 13.9. The van der Waals surface area contributed by atoms with E-state index in [1.165, 1.54) is 36.4 Å². The number of benzene rings is 2. The lowest BCUT2D eigenvalue weighted by atomic mass is 10.2. The molecule has 2 N–H and O–H groups in total. The first kappa shape index (κ1) is 18.4. The molecule has 2 aromatic carbocycles. The smallest absolute Gasteiger partial charge is 0.272 e. The van der Waals surface area contributed by atoms with E-state index < -0.39 is 27.5 Å². The number of amides is 1. The van der Waals surface area contributed by atoms with Crippen molar-refractivity contribution in [1.82, 2.24) is 10.3 Å². The molecule has 0 atom stereocenters. The van der Waals surface area contributed by atoms with Crippen LogP contribution < -0.4 is 15.0 Å². The molecule has 0 radical (unpaired) electrons.